The third-order valence-corrected chi connectivity index (χ3v) is 3.36. The average molecular weight is 219 g/mol. The second-order valence-corrected chi connectivity index (χ2v) is 4.36. The fourth-order valence-corrected chi connectivity index (χ4v) is 2.61. The maximum atomic E-state index is 11.4. The second-order valence-electron chi connectivity index (χ2n) is 4.36. The Kier molecular flexibility index (Phi) is 1.47. The molecule has 1 N–H and O–H groups in total. The van der Waals surface area contributed by atoms with Crippen molar-refractivity contribution in [3.05, 3.63) is 62.8 Å². The predicted octanol–water partition coefficient (Wildman–Crippen LogP) is 0.848. The van der Waals surface area contributed by atoms with E-state index >= 15 is 0 Å². The first kappa shape index (κ1) is 8.76. The molecule has 0 bridgehead atoms. The lowest BCUT2D eigenvalue weighted by Crippen LogP contribution is -2.05. The highest BCUT2D eigenvalue weighted by molar-refractivity contribution is 6.17. The van der Waals surface area contributed by atoms with Gasteiger partial charge in [0.1, 0.15) is 0 Å². The maximum absolute atomic E-state index is 11.4. The molecule has 0 atom stereocenters. The van der Waals surface area contributed by atoms with Gasteiger partial charge in [0.15, 0.2) is 0 Å². The van der Waals surface area contributed by atoms with Crippen LogP contribution in [0.2, 0.25) is 0 Å². The summed E-state index contributed by atoms with van der Waals surface area (Å²) < 4.78 is 0. The van der Waals surface area contributed by atoms with Crippen LogP contribution in [0.15, 0.2) is 36.4 Å². The molecule has 2 nitrogen and oxygen atoms in total. The Hall–Kier alpha value is -2.35. The normalized spacial score (nSPS) is 14.2. The highest BCUT2D eigenvalue weighted by Crippen LogP contribution is 2.19. The molecule has 0 fully saturated rings. The highest BCUT2D eigenvalue weighted by atomic mass is 16.1. The molecular weight excluding hydrogens is 210 g/mol. The number of amides is 1. The van der Waals surface area contributed by atoms with Gasteiger partial charge in [0.2, 0.25) is 5.91 Å². The summed E-state index contributed by atoms with van der Waals surface area (Å²) in [4.78, 5) is 11.4. The summed E-state index contributed by atoms with van der Waals surface area (Å²) >= 11 is 0. The number of benzene rings is 2. The highest BCUT2D eigenvalue weighted by Gasteiger charge is 2.15. The summed E-state index contributed by atoms with van der Waals surface area (Å²) in [6, 6.07) is 12.4. The van der Waals surface area contributed by atoms with Crippen LogP contribution in [0, 0.1) is 10.4 Å². The van der Waals surface area contributed by atoms with E-state index in [0.29, 0.717) is 0 Å². The van der Waals surface area contributed by atoms with Gasteiger partial charge >= 0.3 is 0 Å². The molecule has 0 unspecified atom stereocenters. The predicted molar refractivity (Wildman–Crippen MR) is 66.5 cm³/mol. The Morgan fingerprint density at radius 1 is 0.824 bits per heavy atom. The standard InChI is InChI=1S/C15H9NO/c17-14-8-10-5-6-12-11-4-2-1-3-9(11)7-13(12)15(10)16-14/h1-8H,(H,16,17). The van der Waals surface area contributed by atoms with Crippen molar-refractivity contribution >= 4 is 23.7 Å². The molecule has 0 radical (unpaired) electrons. The van der Waals surface area contributed by atoms with E-state index in [1.54, 1.807) is 6.08 Å². The molecule has 1 heterocycles. The molecule has 2 heteroatoms. The summed E-state index contributed by atoms with van der Waals surface area (Å²) in [6.45, 7) is 0. The summed E-state index contributed by atoms with van der Waals surface area (Å²) in [5, 5.41) is 7.56. The molecule has 80 valence electrons. The van der Waals surface area contributed by atoms with Gasteiger partial charge in [-0.15, -0.1) is 0 Å². The molecule has 2 aromatic rings. The van der Waals surface area contributed by atoms with Gasteiger partial charge in [-0.25, -0.2) is 0 Å². The Labute approximate surface area is 97.2 Å². The van der Waals surface area contributed by atoms with E-state index in [0.717, 1.165) is 16.5 Å². The smallest absolute Gasteiger partial charge is 0.249 e. The average Bonchev–Trinajstić information content (AvgIpc) is 2.87. The summed E-state index contributed by atoms with van der Waals surface area (Å²) in [5.41, 5.74) is 2.08. The second kappa shape index (κ2) is 2.86. The van der Waals surface area contributed by atoms with Crippen LogP contribution in [-0.2, 0) is 4.79 Å². The van der Waals surface area contributed by atoms with E-state index < -0.39 is 0 Å². The van der Waals surface area contributed by atoms with Crippen molar-refractivity contribution in [2.75, 3.05) is 5.32 Å². The monoisotopic (exact) mass is 219 g/mol. The van der Waals surface area contributed by atoms with Gasteiger partial charge in [-0.1, -0.05) is 36.4 Å². The lowest BCUT2D eigenvalue weighted by atomic mass is 10.1. The first-order valence-electron chi connectivity index (χ1n) is 5.60. The van der Waals surface area contributed by atoms with E-state index in [-0.39, 0.29) is 5.91 Å². The Morgan fingerprint density at radius 2 is 1.71 bits per heavy atom. The van der Waals surface area contributed by atoms with Crippen LogP contribution in [0.1, 0.15) is 5.56 Å². The van der Waals surface area contributed by atoms with Crippen molar-refractivity contribution in [3.63, 3.8) is 0 Å². The minimum absolute atomic E-state index is 0.0299. The molecular formula is C15H9NO. The van der Waals surface area contributed by atoms with Crippen molar-refractivity contribution in [2.45, 2.75) is 0 Å². The SMILES string of the molecule is O=C1C=c2ccc3c(c2N1)C=c1ccccc1=3. The molecule has 2 aliphatic rings. The van der Waals surface area contributed by atoms with Crippen molar-refractivity contribution < 1.29 is 4.79 Å². The third kappa shape index (κ3) is 1.07. The minimum atomic E-state index is -0.0299. The molecule has 0 saturated carbocycles. The Balaban J connectivity index is 2.26. The first-order valence-corrected chi connectivity index (χ1v) is 5.60. The van der Waals surface area contributed by atoms with Crippen LogP contribution in [0.3, 0.4) is 0 Å². The topological polar surface area (TPSA) is 29.1 Å². The Morgan fingerprint density at radius 3 is 2.65 bits per heavy atom. The molecule has 1 aliphatic carbocycles. The lowest BCUT2D eigenvalue weighted by Gasteiger charge is -2.01. The molecule has 1 aliphatic heterocycles. The number of hydrogen-bond acceptors (Lipinski definition) is 1. The van der Waals surface area contributed by atoms with Gasteiger partial charge < -0.3 is 5.32 Å². The van der Waals surface area contributed by atoms with E-state index in [9.17, 15) is 4.79 Å². The van der Waals surface area contributed by atoms with Crippen LogP contribution < -0.4 is 15.8 Å². The fraction of sp³-hybridized carbons (Fsp3) is 0. The largest absolute Gasteiger partial charge is 0.321 e. The first-order chi connectivity index (χ1) is 8.33. The molecule has 2 aromatic carbocycles. The van der Waals surface area contributed by atoms with Gasteiger partial charge in [0.25, 0.3) is 0 Å². The molecule has 17 heavy (non-hydrogen) atoms. The van der Waals surface area contributed by atoms with Crippen molar-refractivity contribution in [1.29, 1.82) is 0 Å². The minimum Gasteiger partial charge on any atom is -0.321 e. The van der Waals surface area contributed by atoms with E-state index in [4.69, 9.17) is 0 Å². The van der Waals surface area contributed by atoms with E-state index in [1.807, 2.05) is 18.2 Å². The molecule has 1 amide bonds. The number of carbonyl (C=O) groups is 1. The van der Waals surface area contributed by atoms with Gasteiger partial charge in [0, 0.05) is 16.9 Å². The zero-order chi connectivity index (χ0) is 11.4. The molecule has 0 spiro atoms. The molecule has 0 aromatic heterocycles. The number of nitrogens with one attached hydrogen (secondary N) is 1. The zero-order valence-electron chi connectivity index (χ0n) is 9.03. The van der Waals surface area contributed by atoms with Crippen LogP contribution in [0.5, 0.6) is 0 Å². The number of anilines is 1. The lowest BCUT2D eigenvalue weighted by molar-refractivity contribution is -0.110. The fourth-order valence-electron chi connectivity index (χ4n) is 2.61. The van der Waals surface area contributed by atoms with Crippen LogP contribution >= 0.6 is 0 Å². The van der Waals surface area contributed by atoms with Crippen molar-refractivity contribution in [3.8, 4) is 0 Å². The van der Waals surface area contributed by atoms with Crippen molar-refractivity contribution in [1.82, 2.24) is 0 Å². The quantitative estimate of drug-likeness (QED) is 0.596. The molecule has 4 rings (SSSR count). The summed E-state index contributed by atoms with van der Waals surface area (Å²) in [6.07, 6.45) is 3.79. The van der Waals surface area contributed by atoms with Crippen LogP contribution in [0.4, 0.5) is 5.69 Å². The van der Waals surface area contributed by atoms with Gasteiger partial charge in [-0.3, -0.25) is 4.79 Å². The number of carbonyl (C=O) groups excluding carboxylic acids is 1. The van der Waals surface area contributed by atoms with Crippen molar-refractivity contribution in [2.24, 2.45) is 0 Å². The van der Waals surface area contributed by atoms with Crippen LogP contribution in [-0.4, -0.2) is 5.91 Å². The summed E-state index contributed by atoms with van der Waals surface area (Å²) in [7, 11) is 0. The molecule has 0 saturated heterocycles. The third-order valence-electron chi connectivity index (χ3n) is 3.36. The van der Waals surface area contributed by atoms with Crippen LogP contribution in [0.25, 0.3) is 12.2 Å². The van der Waals surface area contributed by atoms with E-state index in [1.165, 1.54) is 15.7 Å². The zero-order valence-corrected chi connectivity index (χ0v) is 9.03. The van der Waals surface area contributed by atoms with Gasteiger partial charge in [-0.05, 0) is 21.7 Å². The van der Waals surface area contributed by atoms with Gasteiger partial charge in [0.05, 0.1) is 5.69 Å². The van der Waals surface area contributed by atoms with Gasteiger partial charge in [-0.2, -0.15) is 0 Å². The van der Waals surface area contributed by atoms with E-state index in [2.05, 4.69) is 29.6 Å². The summed E-state index contributed by atoms with van der Waals surface area (Å²) in [5.74, 6) is -0.0299. The Bertz CT molecular complexity index is 878. The number of rotatable bonds is 0. The number of fused-ring (bicyclic) bond motifs is 4. The maximum Gasteiger partial charge on any atom is 0.249 e. The number of hydrogen-bond donors (Lipinski definition) is 1.